The van der Waals surface area contributed by atoms with Crippen molar-refractivity contribution in [2.45, 2.75) is 4.90 Å². The van der Waals surface area contributed by atoms with Crippen molar-refractivity contribution >= 4 is 45.6 Å². The molecule has 6 heteroatoms. The molecule has 1 N–H and O–H groups in total. The summed E-state index contributed by atoms with van der Waals surface area (Å²) in [6, 6.07) is 11.1. The fraction of sp³-hybridized carbons (Fsp3) is 0.0769. The Hall–Kier alpha value is -1.48. The Bertz CT molecular complexity index is 634. The van der Waals surface area contributed by atoms with Gasteiger partial charge in [0.05, 0.1) is 11.3 Å². The number of amides is 1. The van der Waals surface area contributed by atoms with Gasteiger partial charge in [0.2, 0.25) is 5.91 Å². The molecular formula is C13H9ClN2OS2. The molecule has 1 aromatic carbocycles. The summed E-state index contributed by atoms with van der Waals surface area (Å²) in [4.78, 5) is 12.7. The molecule has 1 heterocycles. The van der Waals surface area contributed by atoms with E-state index in [0.717, 1.165) is 4.90 Å². The highest BCUT2D eigenvalue weighted by atomic mass is 35.5. The lowest BCUT2D eigenvalue weighted by atomic mass is 10.3. The molecule has 0 aliphatic heterocycles. The molecule has 19 heavy (non-hydrogen) atoms. The monoisotopic (exact) mass is 308 g/mol. The number of hydrogen-bond acceptors (Lipinski definition) is 4. The van der Waals surface area contributed by atoms with Crippen molar-refractivity contribution in [2.24, 2.45) is 0 Å². The van der Waals surface area contributed by atoms with Crippen LogP contribution < -0.4 is 5.32 Å². The van der Waals surface area contributed by atoms with Gasteiger partial charge in [-0.3, -0.25) is 4.79 Å². The van der Waals surface area contributed by atoms with E-state index in [1.807, 2.05) is 24.3 Å². The average Bonchev–Trinajstić information content (AvgIpc) is 2.84. The lowest BCUT2D eigenvalue weighted by Crippen LogP contribution is -2.13. The van der Waals surface area contributed by atoms with Crippen LogP contribution in [0.3, 0.4) is 0 Å². The quantitative estimate of drug-likeness (QED) is 0.868. The van der Waals surface area contributed by atoms with E-state index in [-0.39, 0.29) is 11.7 Å². The maximum Gasteiger partial charge on any atom is 0.235 e. The third-order valence-electron chi connectivity index (χ3n) is 2.20. The molecule has 0 radical (unpaired) electrons. The minimum Gasteiger partial charge on any atom is -0.316 e. The molecule has 0 saturated heterocycles. The van der Waals surface area contributed by atoms with Gasteiger partial charge in [0.15, 0.2) is 0 Å². The maximum absolute atomic E-state index is 11.8. The van der Waals surface area contributed by atoms with Crippen LogP contribution in [-0.2, 0) is 4.79 Å². The number of nitrogens with zero attached hydrogens (tertiary/aromatic N) is 1. The van der Waals surface area contributed by atoms with Crippen LogP contribution in [0, 0.1) is 11.3 Å². The summed E-state index contributed by atoms with van der Waals surface area (Å²) in [5.41, 5.74) is 0.492. The number of thiophene rings is 1. The third kappa shape index (κ3) is 4.00. The van der Waals surface area contributed by atoms with E-state index in [1.165, 1.54) is 23.1 Å². The highest BCUT2D eigenvalue weighted by Gasteiger charge is 2.08. The van der Waals surface area contributed by atoms with Gasteiger partial charge in [-0.1, -0.05) is 17.7 Å². The number of hydrogen-bond donors (Lipinski definition) is 1. The van der Waals surface area contributed by atoms with E-state index < -0.39 is 0 Å². The van der Waals surface area contributed by atoms with Gasteiger partial charge in [-0.05, 0) is 29.6 Å². The second-order valence-electron chi connectivity index (χ2n) is 3.57. The van der Waals surface area contributed by atoms with Gasteiger partial charge in [0.1, 0.15) is 11.1 Å². The van der Waals surface area contributed by atoms with E-state index in [2.05, 4.69) is 5.32 Å². The molecule has 0 unspecified atom stereocenters. The van der Waals surface area contributed by atoms with Crippen LogP contribution in [0.1, 0.15) is 5.56 Å². The van der Waals surface area contributed by atoms with E-state index in [9.17, 15) is 4.79 Å². The molecule has 1 amide bonds. The number of anilines is 1. The molecule has 0 aliphatic carbocycles. The molecular weight excluding hydrogens is 300 g/mol. The number of carbonyl (C=O) groups is 1. The summed E-state index contributed by atoms with van der Waals surface area (Å²) in [6.07, 6.45) is 0. The Kier molecular flexibility index (Phi) is 4.86. The molecule has 2 rings (SSSR count). The fourth-order valence-electron chi connectivity index (χ4n) is 1.36. The summed E-state index contributed by atoms with van der Waals surface area (Å²) in [6.45, 7) is 0. The predicted molar refractivity (Wildman–Crippen MR) is 79.8 cm³/mol. The lowest BCUT2D eigenvalue weighted by molar-refractivity contribution is -0.113. The molecule has 96 valence electrons. The highest BCUT2D eigenvalue weighted by molar-refractivity contribution is 8.00. The van der Waals surface area contributed by atoms with Crippen LogP contribution in [0.4, 0.5) is 5.00 Å². The van der Waals surface area contributed by atoms with Gasteiger partial charge >= 0.3 is 0 Å². The summed E-state index contributed by atoms with van der Waals surface area (Å²) >= 11 is 8.61. The van der Waals surface area contributed by atoms with Gasteiger partial charge in [-0.15, -0.1) is 23.1 Å². The molecule has 0 spiro atoms. The van der Waals surface area contributed by atoms with Crippen molar-refractivity contribution in [3.63, 3.8) is 0 Å². The molecule has 2 aromatic rings. The van der Waals surface area contributed by atoms with E-state index in [0.29, 0.717) is 15.6 Å². The molecule has 0 aliphatic rings. The molecule has 0 saturated carbocycles. The number of rotatable bonds is 4. The zero-order valence-electron chi connectivity index (χ0n) is 9.72. The van der Waals surface area contributed by atoms with Crippen LogP contribution >= 0.6 is 34.7 Å². The largest absolute Gasteiger partial charge is 0.316 e. The molecule has 3 nitrogen and oxygen atoms in total. The first-order chi connectivity index (χ1) is 9.19. The topological polar surface area (TPSA) is 52.9 Å². The number of benzene rings is 1. The van der Waals surface area contributed by atoms with Crippen LogP contribution in [-0.4, -0.2) is 11.7 Å². The van der Waals surface area contributed by atoms with Gasteiger partial charge in [0, 0.05) is 9.92 Å². The average molecular weight is 309 g/mol. The first-order valence-corrected chi connectivity index (χ1v) is 7.59. The summed E-state index contributed by atoms with van der Waals surface area (Å²) < 4.78 is 0. The number of halogens is 1. The van der Waals surface area contributed by atoms with Crippen molar-refractivity contribution < 1.29 is 4.79 Å². The second-order valence-corrected chi connectivity index (χ2v) is 5.97. The van der Waals surface area contributed by atoms with Gasteiger partial charge < -0.3 is 5.32 Å². The Morgan fingerprint density at radius 3 is 3.05 bits per heavy atom. The van der Waals surface area contributed by atoms with Gasteiger partial charge in [0.25, 0.3) is 0 Å². The van der Waals surface area contributed by atoms with Crippen molar-refractivity contribution in [1.29, 1.82) is 5.26 Å². The van der Waals surface area contributed by atoms with E-state index >= 15 is 0 Å². The van der Waals surface area contributed by atoms with Crippen molar-refractivity contribution in [3.8, 4) is 6.07 Å². The zero-order valence-corrected chi connectivity index (χ0v) is 12.1. The molecule has 1 aromatic heterocycles. The van der Waals surface area contributed by atoms with Crippen molar-refractivity contribution in [1.82, 2.24) is 0 Å². The van der Waals surface area contributed by atoms with Crippen LogP contribution in [0.25, 0.3) is 0 Å². The highest BCUT2D eigenvalue weighted by Crippen LogP contribution is 2.24. The first kappa shape index (κ1) is 13.9. The lowest BCUT2D eigenvalue weighted by Gasteiger charge is -2.03. The normalized spacial score (nSPS) is 9.89. The SMILES string of the molecule is N#Cc1ccsc1NC(=O)CSc1cccc(Cl)c1. The zero-order chi connectivity index (χ0) is 13.7. The summed E-state index contributed by atoms with van der Waals surface area (Å²) in [5.74, 6) is 0.146. The van der Waals surface area contributed by atoms with Crippen LogP contribution in [0.15, 0.2) is 40.6 Å². The molecule has 0 atom stereocenters. The number of thioether (sulfide) groups is 1. The predicted octanol–water partition coefficient (Wildman–Crippen LogP) is 4.00. The van der Waals surface area contributed by atoms with Crippen LogP contribution in [0.2, 0.25) is 5.02 Å². The molecule has 0 bridgehead atoms. The number of nitriles is 1. The smallest absolute Gasteiger partial charge is 0.235 e. The Labute approximate surface area is 124 Å². The number of nitrogens with one attached hydrogen (secondary N) is 1. The standard InChI is InChI=1S/C13H9ClN2OS2/c14-10-2-1-3-11(6-10)19-8-12(17)16-13-9(7-15)4-5-18-13/h1-6H,8H2,(H,16,17). The van der Waals surface area contributed by atoms with E-state index in [1.54, 1.807) is 17.5 Å². The molecule has 0 fully saturated rings. The Balaban J connectivity index is 1.91. The fourth-order valence-corrected chi connectivity index (χ4v) is 3.13. The minimum atomic E-state index is -0.135. The van der Waals surface area contributed by atoms with Gasteiger partial charge in [-0.25, -0.2) is 0 Å². The maximum atomic E-state index is 11.8. The summed E-state index contributed by atoms with van der Waals surface area (Å²) in [7, 11) is 0. The second kappa shape index (κ2) is 6.62. The van der Waals surface area contributed by atoms with Crippen molar-refractivity contribution in [2.75, 3.05) is 11.1 Å². The Morgan fingerprint density at radius 1 is 1.47 bits per heavy atom. The van der Waals surface area contributed by atoms with Crippen LogP contribution in [0.5, 0.6) is 0 Å². The number of carbonyl (C=O) groups excluding carboxylic acids is 1. The first-order valence-electron chi connectivity index (χ1n) is 5.35. The summed E-state index contributed by atoms with van der Waals surface area (Å²) in [5, 5.41) is 14.6. The third-order valence-corrected chi connectivity index (χ3v) is 4.26. The van der Waals surface area contributed by atoms with Crippen molar-refractivity contribution in [3.05, 3.63) is 46.3 Å². The van der Waals surface area contributed by atoms with E-state index in [4.69, 9.17) is 16.9 Å². The Morgan fingerprint density at radius 2 is 2.32 bits per heavy atom. The minimum absolute atomic E-state index is 0.135. The van der Waals surface area contributed by atoms with Gasteiger partial charge in [-0.2, -0.15) is 5.26 Å².